The minimum absolute atomic E-state index is 0.0456. The number of fused-ring (bicyclic) bond motifs is 3. The van der Waals surface area contributed by atoms with E-state index in [0.717, 1.165) is 16.2 Å². The van der Waals surface area contributed by atoms with Gasteiger partial charge in [0.15, 0.2) is 0 Å². The van der Waals surface area contributed by atoms with E-state index in [4.69, 9.17) is 4.42 Å². The average Bonchev–Trinajstić information content (AvgIpc) is 2.53. The van der Waals surface area contributed by atoms with Crippen molar-refractivity contribution in [2.75, 3.05) is 11.9 Å². The summed E-state index contributed by atoms with van der Waals surface area (Å²) in [6.07, 6.45) is 0. The number of nitrogens with one attached hydrogen (secondary N) is 2. The second-order valence-electron chi connectivity index (χ2n) is 5.10. The molecule has 2 N–H and O–H groups in total. The molecule has 0 unspecified atom stereocenters. The normalized spacial score (nSPS) is 10.7. The van der Waals surface area contributed by atoms with Crippen LogP contribution in [0.2, 0.25) is 0 Å². The summed E-state index contributed by atoms with van der Waals surface area (Å²) in [5.41, 5.74) is -0.137. The third-order valence-electron chi connectivity index (χ3n) is 3.41. The molecule has 0 radical (unpaired) electrons. The fourth-order valence-electron chi connectivity index (χ4n) is 2.36. The maximum Gasteiger partial charge on any atom is 0.360 e. The number of amides is 2. The summed E-state index contributed by atoms with van der Waals surface area (Å²) in [6, 6.07) is 12.9. The van der Waals surface area contributed by atoms with Gasteiger partial charge < -0.3 is 15.1 Å². The third-order valence-corrected chi connectivity index (χ3v) is 3.41. The lowest BCUT2D eigenvalue weighted by Gasteiger charge is -2.07. The van der Waals surface area contributed by atoms with E-state index in [1.807, 2.05) is 30.3 Å². The summed E-state index contributed by atoms with van der Waals surface area (Å²) in [5.74, 6) is -0.816. The number of rotatable bonds is 3. The summed E-state index contributed by atoms with van der Waals surface area (Å²) in [5, 5.41) is 7.49. The van der Waals surface area contributed by atoms with Gasteiger partial charge in [-0.05, 0) is 22.9 Å². The Morgan fingerprint density at radius 2 is 1.87 bits per heavy atom. The van der Waals surface area contributed by atoms with Crippen molar-refractivity contribution in [1.29, 1.82) is 0 Å². The molecular formula is C17H14N2O4. The largest absolute Gasteiger partial charge is 0.421 e. The fourth-order valence-corrected chi connectivity index (χ4v) is 2.36. The predicted molar refractivity (Wildman–Crippen MR) is 87.3 cm³/mol. The molecule has 2 amide bonds. The zero-order valence-corrected chi connectivity index (χ0v) is 12.4. The lowest BCUT2D eigenvalue weighted by molar-refractivity contribution is -0.122. The highest BCUT2D eigenvalue weighted by Crippen LogP contribution is 2.25. The number of anilines is 1. The van der Waals surface area contributed by atoms with Crippen LogP contribution >= 0.6 is 0 Å². The molecule has 0 saturated carbocycles. The number of carbonyl (C=O) groups excluding carboxylic acids is 2. The van der Waals surface area contributed by atoms with Gasteiger partial charge in [0, 0.05) is 12.3 Å². The Morgan fingerprint density at radius 1 is 1.09 bits per heavy atom. The molecule has 0 fully saturated rings. The van der Waals surface area contributed by atoms with E-state index in [-0.39, 0.29) is 18.1 Å². The Hall–Kier alpha value is -3.15. The minimum Gasteiger partial charge on any atom is -0.421 e. The smallest absolute Gasteiger partial charge is 0.360 e. The van der Waals surface area contributed by atoms with Gasteiger partial charge in [-0.3, -0.25) is 9.59 Å². The SMILES string of the molecule is CC(=O)NCC(=O)Nc1cc2c(ccc3ccccc32)oc1=O. The molecule has 0 aliphatic rings. The lowest BCUT2D eigenvalue weighted by atomic mass is 10.1. The van der Waals surface area contributed by atoms with Gasteiger partial charge in [0.05, 0.1) is 6.54 Å². The van der Waals surface area contributed by atoms with E-state index >= 15 is 0 Å². The molecule has 0 atom stereocenters. The highest BCUT2D eigenvalue weighted by molar-refractivity contribution is 6.07. The van der Waals surface area contributed by atoms with Crippen LogP contribution in [0.15, 0.2) is 51.7 Å². The van der Waals surface area contributed by atoms with Crippen molar-refractivity contribution in [1.82, 2.24) is 5.32 Å². The number of hydrogen-bond donors (Lipinski definition) is 2. The number of benzene rings is 2. The minimum atomic E-state index is -0.635. The molecule has 3 aromatic rings. The van der Waals surface area contributed by atoms with Gasteiger partial charge in [0.1, 0.15) is 11.3 Å². The molecule has 23 heavy (non-hydrogen) atoms. The maximum atomic E-state index is 12.0. The maximum absolute atomic E-state index is 12.0. The van der Waals surface area contributed by atoms with E-state index in [1.165, 1.54) is 6.92 Å². The first-order valence-electron chi connectivity index (χ1n) is 7.04. The Bertz CT molecular complexity index is 975. The van der Waals surface area contributed by atoms with E-state index < -0.39 is 11.5 Å². The Morgan fingerprint density at radius 3 is 2.65 bits per heavy atom. The Kier molecular flexibility index (Phi) is 3.80. The molecule has 116 valence electrons. The van der Waals surface area contributed by atoms with Crippen LogP contribution in [0, 0.1) is 0 Å². The van der Waals surface area contributed by atoms with Gasteiger partial charge >= 0.3 is 5.63 Å². The van der Waals surface area contributed by atoms with Crippen molar-refractivity contribution in [3.63, 3.8) is 0 Å². The second-order valence-corrected chi connectivity index (χ2v) is 5.10. The predicted octanol–water partition coefficient (Wildman–Crippen LogP) is 2.02. The van der Waals surface area contributed by atoms with Gasteiger partial charge in [-0.25, -0.2) is 4.79 Å². The van der Waals surface area contributed by atoms with Gasteiger partial charge in [0.25, 0.3) is 0 Å². The first-order chi connectivity index (χ1) is 11.0. The summed E-state index contributed by atoms with van der Waals surface area (Å²) < 4.78 is 5.27. The molecule has 0 saturated heterocycles. The van der Waals surface area contributed by atoms with Crippen molar-refractivity contribution in [3.8, 4) is 0 Å². The van der Waals surface area contributed by atoms with Gasteiger partial charge in [-0.15, -0.1) is 0 Å². The molecule has 1 aromatic heterocycles. The highest BCUT2D eigenvalue weighted by Gasteiger charge is 2.11. The molecule has 0 aliphatic heterocycles. The standard InChI is InChI=1S/C17H14N2O4/c1-10(20)18-9-16(21)19-14-8-13-12-5-3-2-4-11(12)6-7-15(13)23-17(14)22/h2-8H,9H2,1H3,(H,18,20)(H,19,21). The molecule has 0 spiro atoms. The molecule has 0 aliphatic carbocycles. The highest BCUT2D eigenvalue weighted by atomic mass is 16.4. The summed E-state index contributed by atoms with van der Waals surface area (Å²) >= 11 is 0. The van der Waals surface area contributed by atoms with Gasteiger partial charge in [0.2, 0.25) is 11.8 Å². The Labute approximate surface area is 131 Å². The monoisotopic (exact) mass is 310 g/mol. The van der Waals surface area contributed by atoms with Crippen LogP contribution in [0.5, 0.6) is 0 Å². The lowest BCUT2D eigenvalue weighted by Crippen LogP contribution is -2.32. The average molecular weight is 310 g/mol. The van der Waals surface area contributed by atoms with Crippen LogP contribution in [0.4, 0.5) is 5.69 Å². The van der Waals surface area contributed by atoms with E-state index in [9.17, 15) is 14.4 Å². The Balaban J connectivity index is 2.02. The van der Waals surface area contributed by atoms with Crippen LogP contribution in [0.3, 0.4) is 0 Å². The van der Waals surface area contributed by atoms with Crippen molar-refractivity contribution in [2.24, 2.45) is 0 Å². The molecule has 6 heteroatoms. The van der Waals surface area contributed by atoms with Crippen LogP contribution in [0.25, 0.3) is 21.7 Å². The molecule has 6 nitrogen and oxygen atoms in total. The molecule has 0 bridgehead atoms. The van der Waals surface area contributed by atoms with Crippen molar-refractivity contribution in [3.05, 3.63) is 52.9 Å². The van der Waals surface area contributed by atoms with Crippen molar-refractivity contribution >= 4 is 39.2 Å². The molecule has 1 heterocycles. The third kappa shape index (κ3) is 3.06. The summed E-state index contributed by atoms with van der Waals surface area (Å²) in [7, 11) is 0. The second kappa shape index (κ2) is 5.92. The van der Waals surface area contributed by atoms with Crippen LogP contribution < -0.4 is 16.3 Å². The van der Waals surface area contributed by atoms with E-state index in [0.29, 0.717) is 5.58 Å². The topological polar surface area (TPSA) is 88.4 Å². The zero-order chi connectivity index (χ0) is 16.4. The van der Waals surface area contributed by atoms with Crippen molar-refractivity contribution < 1.29 is 14.0 Å². The van der Waals surface area contributed by atoms with Crippen molar-refractivity contribution in [2.45, 2.75) is 6.92 Å². The molecule has 2 aromatic carbocycles. The van der Waals surface area contributed by atoms with Crippen LogP contribution in [0.1, 0.15) is 6.92 Å². The summed E-state index contributed by atoms with van der Waals surface area (Å²) in [6.45, 7) is 1.10. The van der Waals surface area contributed by atoms with E-state index in [2.05, 4.69) is 10.6 Å². The van der Waals surface area contributed by atoms with Crippen LogP contribution in [-0.4, -0.2) is 18.4 Å². The molecular weight excluding hydrogens is 296 g/mol. The zero-order valence-electron chi connectivity index (χ0n) is 12.4. The van der Waals surface area contributed by atoms with Crippen LogP contribution in [-0.2, 0) is 9.59 Å². The first-order valence-corrected chi connectivity index (χ1v) is 7.04. The number of hydrogen-bond acceptors (Lipinski definition) is 4. The van der Waals surface area contributed by atoms with Gasteiger partial charge in [-0.1, -0.05) is 30.3 Å². The quantitative estimate of drug-likeness (QED) is 0.572. The van der Waals surface area contributed by atoms with E-state index in [1.54, 1.807) is 12.1 Å². The fraction of sp³-hybridized carbons (Fsp3) is 0.118. The molecule has 3 rings (SSSR count). The van der Waals surface area contributed by atoms with Gasteiger partial charge in [-0.2, -0.15) is 0 Å². The first kappa shape index (κ1) is 14.8. The summed E-state index contributed by atoms with van der Waals surface area (Å²) in [4.78, 5) is 34.6. The number of carbonyl (C=O) groups is 2.